The number of halogens is 1. The van der Waals surface area contributed by atoms with Crippen LogP contribution in [-0.4, -0.2) is 38.0 Å². The normalized spacial score (nSPS) is 19.5. The summed E-state index contributed by atoms with van der Waals surface area (Å²) in [6, 6.07) is 6.34. The fourth-order valence-electron chi connectivity index (χ4n) is 2.82. The quantitative estimate of drug-likeness (QED) is 0.858. The van der Waals surface area contributed by atoms with Gasteiger partial charge in [-0.15, -0.1) is 0 Å². The van der Waals surface area contributed by atoms with Crippen LogP contribution < -0.4 is 5.32 Å². The highest BCUT2D eigenvalue weighted by Crippen LogP contribution is 2.22. The van der Waals surface area contributed by atoms with Gasteiger partial charge in [0, 0.05) is 31.6 Å². The highest BCUT2D eigenvalue weighted by Gasteiger charge is 2.25. The van der Waals surface area contributed by atoms with Crippen molar-refractivity contribution in [1.29, 1.82) is 0 Å². The van der Waals surface area contributed by atoms with Gasteiger partial charge in [0.05, 0.1) is 6.26 Å². The van der Waals surface area contributed by atoms with Crippen LogP contribution in [0.3, 0.4) is 0 Å². The minimum atomic E-state index is -3.16. The lowest BCUT2D eigenvalue weighted by Crippen LogP contribution is -2.39. The van der Waals surface area contributed by atoms with E-state index in [4.69, 9.17) is 0 Å². The van der Waals surface area contributed by atoms with Crippen molar-refractivity contribution in [2.75, 3.05) is 19.3 Å². The molecule has 128 valence electrons. The molecule has 1 fully saturated rings. The van der Waals surface area contributed by atoms with Crippen LogP contribution in [-0.2, 0) is 21.4 Å². The molecule has 2 rings (SSSR count). The van der Waals surface area contributed by atoms with E-state index in [1.807, 2.05) is 0 Å². The number of amides is 1. The molecule has 0 aliphatic carbocycles. The summed E-state index contributed by atoms with van der Waals surface area (Å²) in [6.45, 7) is 1.22. The minimum absolute atomic E-state index is 0.135. The Kier molecular flexibility index (Phi) is 6.12. The number of carbonyl (C=O) groups is 1. The molecule has 1 amide bonds. The molecule has 1 atom stereocenters. The van der Waals surface area contributed by atoms with Crippen LogP contribution in [0.25, 0.3) is 0 Å². The van der Waals surface area contributed by atoms with E-state index in [-0.39, 0.29) is 24.2 Å². The standard InChI is InChI=1S/C16H23FN2O3S/c1-23(21,22)19-10-4-5-13(12-19)8-9-16(20)18-11-14-6-2-3-7-15(14)17/h2-3,6-7,13H,4-5,8-12H2,1H3,(H,18,20). The molecule has 0 spiro atoms. The van der Waals surface area contributed by atoms with Gasteiger partial charge in [-0.25, -0.2) is 17.1 Å². The van der Waals surface area contributed by atoms with Crippen molar-refractivity contribution in [3.8, 4) is 0 Å². The molecule has 23 heavy (non-hydrogen) atoms. The van der Waals surface area contributed by atoms with Crippen molar-refractivity contribution >= 4 is 15.9 Å². The summed E-state index contributed by atoms with van der Waals surface area (Å²) in [5.74, 6) is -0.258. The summed E-state index contributed by atoms with van der Waals surface area (Å²) in [5.41, 5.74) is 0.460. The number of sulfonamides is 1. The van der Waals surface area contributed by atoms with Crippen LogP contribution in [0.15, 0.2) is 24.3 Å². The highest BCUT2D eigenvalue weighted by atomic mass is 32.2. The van der Waals surface area contributed by atoms with E-state index in [9.17, 15) is 17.6 Å². The summed E-state index contributed by atoms with van der Waals surface area (Å²) >= 11 is 0. The van der Waals surface area contributed by atoms with Crippen LogP contribution >= 0.6 is 0 Å². The van der Waals surface area contributed by atoms with Gasteiger partial charge in [-0.05, 0) is 31.2 Å². The zero-order chi connectivity index (χ0) is 16.9. The molecule has 0 bridgehead atoms. The first-order chi connectivity index (χ1) is 10.9. The maximum Gasteiger partial charge on any atom is 0.220 e. The summed E-state index contributed by atoms with van der Waals surface area (Å²) in [4.78, 5) is 11.9. The van der Waals surface area contributed by atoms with Crippen LogP contribution in [0, 0.1) is 11.7 Å². The van der Waals surface area contributed by atoms with E-state index in [0.717, 1.165) is 12.8 Å². The van der Waals surface area contributed by atoms with E-state index >= 15 is 0 Å². The zero-order valence-electron chi connectivity index (χ0n) is 13.3. The van der Waals surface area contributed by atoms with Crippen molar-refractivity contribution < 1.29 is 17.6 Å². The molecule has 1 aliphatic rings. The molecule has 1 aromatic rings. The Morgan fingerprint density at radius 2 is 2.13 bits per heavy atom. The maximum absolute atomic E-state index is 13.5. The first-order valence-corrected chi connectivity index (χ1v) is 9.66. The monoisotopic (exact) mass is 342 g/mol. The van der Waals surface area contributed by atoms with E-state index < -0.39 is 10.0 Å². The summed E-state index contributed by atoms with van der Waals surface area (Å²) in [6.07, 6.45) is 3.96. The number of benzene rings is 1. The first-order valence-electron chi connectivity index (χ1n) is 7.81. The number of piperidine rings is 1. The average molecular weight is 342 g/mol. The predicted octanol–water partition coefficient (Wildman–Crippen LogP) is 1.89. The SMILES string of the molecule is CS(=O)(=O)N1CCCC(CCC(=O)NCc2ccccc2F)C1. The molecule has 0 saturated carbocycles. The fraction of sp³-hybridized carbons (Fsp3) is 0.562. The first kappa shape index (κ1) is 17.9. The zero-order valence-corrected chi connectivity index (χ0v) is 14.1. The molecular formula is C16H23FN2O3S. The van der Waals surface area contributed by atoms with Gasteiger partial charge in [0.15, 0.2) is 0 Å². The van der Waals surface area contributed by atoms with Crippen LogP contribution in [0.4, 0.5) is 4.39 Å². The van der Waals surface area contributed by atoms with E-state index in [0.29, 0.717) is 31.5 Å². The van der Waals surface area contributed by atoms with Crippen molar-refractivity contribution in [1.82, 2.24) is 9.62 Å². The molecule has 1 heterocycles. The number of nitrogens with zero attached hydrogens (tertiary/aromatic N) is 1. The molecule has 0 aromatic heterocycles. The number of carbonyl (C=O) groups excluding carboxylic acids is 1. The smallest absolute Gasteiger partial charge is 0.220 e. The fourth-order valence-corrected chi connectivity index (χ4v) is 3.77. The molecule has 1 N–H and O–H groups in total. The van der Waals surface area contributed by atoms with Gasteiger partial charge in [0.25, 0.3) is 0 Å². The van der Waals surface area contributed by atoms with Crippen LogP contribution in [0.5, 0.6) is 0 Å². The summed E-state index contributed by atoms with van der Waals surface area (Å²) in [7, 11) is -3.16. The molecule has 1 aliphatic heterocycles. The topological polar surface area (TPSA) is 66.5 Å². The molecule has 1 aromatic carbocycles. The van der Waals surface area contributed by atoms with Gasteiger partial charge >= 0.3 is 0 Å². The third kappa shape index (κ3) is 5.58. The predicted molar refractivity (Wildman–Crippen MR) is 86.6 cm³/mol. The Bertz CT molecular complexity index is 648. The summed E-state index contributed by atoms with van der Waals surface area (Å²) < 4.78 is 38.1. The van der Waals surface area contributed by atoms with Crippen molar-refractivity contribution in [2.24, 2.45) is 5.92 Å². The Hall–Kier alpha value is -1.47. The maximum atomic E-state index is 13.5. The average Bonchev–Trinajstić information content (AvgIpc) is 2.51. The second-order valence-corrected chi connectivity index (χ2v) is 8.02. The van der Waals surface area contributed by atoms with Crippen LogP contribution in [0.1, 0.15) is 31.2 Å². The second kappa shape index (κ2) is 7.88. The van der Waals surface area contributed by atoms with E-state index in [1.165, 1.54) is 16.6 Å². The minimum Gasteiger partial charge on any atom is -0.352 e. The Balaban J connectivity index is 1.75. The molecular weight excluding hydrogens is 319 g/mol. The van der Waals surface area contributed by atoms with Gasteiger partial charge in [-0.3, -0.25) is 4.79 Å². The second-order valence-electron chi connectivity index (χ2n) is 6.04. The Labute approximate surface area is 136 Å². The molecule has 1 unspecified atom stereocenters. The lowest BCUT2D eigenvalue weighted by Gasteiger charge is -2.30. The van der Waals surface area contributed by atoms with Crippen molar-refractivity contribution in [3.05, 3.63) is 35.6 Å². The van der Waals surface area contributed by atoms with Gasteiger partial charge in [0.2, 0.25) is 15.9 Å². The largest absolute Gasteiger partial charge is 0.352 e. The van der Waals surface area contributed by atoms with Crippen molar-refractivity contribution in [3.63, 3.8) is 0 Å². The molecule has 0 radical (unpaired) electrons. The number of nitrogens with one attached hydrogen (secondary N) is 1. The van der Waals surface area contributed by atoms with Crippen LogP contribution in [0.2, 0.25) is 0 Å². The molecule has 7 heteroatoms. The Morgan fingerprint density at radius 1 is 1.39 bits per heavy atom. The van der Waals surface area contributed by atoms with E-state index in [1.54, 1.807) is 18.2 Å². The Morgan fingerprint density at radius 3 is 2.83 bits per heavy atom. The highest BCUT2D eigenvalue weighted by molar-refractivity contribution is 7.88. The number of rotatable bonds is 6. The van der Waals surface area contributed by atoms with Crippen molar-refractivity contribution in [2.45, 2.75) is 32.2 Å². The number of hydrogen-bond acceptors (Lipinski definition) is 3. The van der Waals surface area contributed by atoms with Gasteiger partial charge < -0.3 is 5.32 Å². The summed E-state index contributed by atoms with van der Waals surface area (Å²) in [5, 5.41) is 2.71. The molecule has 5 nitrogen and oxygen atoms in total. The third-order valence-corrected chi connectivity index (χ3v) is 5.43. The van der Waals surface area contributed by atoms with E-state index in [2.05, 4.69) is 5.32 Å². The lowest BCUT2D eigenvalue weighted by molar-refractivity contribution is -0.121. The molecule has 1 saturated heterocycles. The van der Waals surface area contributed by atoms with Gasteiger partial charge in [-0.1, -0.05) is 18.2 Å². The number of hydrogen-bond donors (Lipinski definition) is 1. The van der Waals surface area contributed by atoms with Gasteiger partial charge in [0.1, 0.15) is 5.82 Å². The lowest BCUT2D eigenvalue weighted by atomic mass is 9.94. The third-order valence-electron chi connectivity index (χ3n) is 4.16. The van der Waals surface area contributed by atoms with Gasteiger partial charge in [-0.2, -0.15) is 0 Å².